The lowest BCUT2D eigenvalue weighted by atomic mass is 9.82. The fraction of sp³-hybridized carbons (Fsp3) is 1.00. The van der Waals surface area contributed by atoms with Gasteiger partial charge in [0, 0.05) is 12.6 Å². The number of nitrogens with zero attached hydrogens (tertiary/aromatic N) is 1. The molecule has 0 saturated heterocycles. The van der Waals surface area contributed by atoms with E-state index in [0.717, 1.165) is 18.5 Å². The fourth-order valence-electron chi connectivity index (χ4n) is 2.57. The summed E-state index contributed by atoms with van der Waals surface area (Å²) in [5.41, 5.74) is 0. The van der Waals surface area contributed by atoms with Crippen molar-refractivity contribution < 1.29 is 5.11 Å². The minimum Gasteiger partial charge on any atom is -0.395 e. The molecule has 0 amide bonds. The fourth-order valence-corrected chi connectivity index (χ4v) is 2.57. The number of hydrogen-bond donors (Lipinski definition) is 1. The molecule has 0 radical (unpaired) electrons. The van der Waals surface area contributed by atoms with Crippen LogP contribution in [0.4, 0.5) is 0 Å². The highest BCUT2D eigenvalue weighted by Gasteiger charge is 2.26. The molecule has 78 valence electrons. The van der Waals surface area contributed by atoms with Gasteiger partial charge in [-0.05, 0) is 25.8 Å². The molecule has 2 heteroatoms. The Hall–Kier alpha value is -0.0800. The van der Waals surface area contributed by atoms with Gasteiger partial charge >= 0.3 is 0 Å². The Morgan fingerprint density at radius 3 is 2.62 bits per heavy atom. The Balaban J connectivity index is 2.43. The maximum Gasteiger partial charge on any atom is 0.0558 e. The van der Waals surface area contributed by atoms with Crippen LogP contribution in [-0.2, 0) is 0 Å². The minimum absolute atomic E-state index is 0.295. The van der Waals surface area contributed by atoms with Crippen molar-refractivity contribution in [3.05, 3.63) is 0 Å². The molecule has 1 aliphatic rings. The Kier molecular flexibility index (Phi) is 4.74. The van der Waals surface area contributed by atoms with Crippen molar-refractivity contribution in [2.45, 2.75) is 45.1 Å². The SMILES string of the molecule is CCC1CCCCC1N(C)CCO. The van der Waals surface area contributed by atoms with Crippen molar-refractivity contribution in [1.82, 2.24) is 4.90 Å². The zero-order chi connectivity index (χ0) is 9.68. The van der Waals surface area contributed by atoms with E-state index in [0.29, 0.717) is 6.61 Å². The molecule has 0 spiro atoms. The first-order chi connectivity index (χ1) is 6.29. The van der Waals surface area contributed by atoms with Gasteiger partial charge in [-0.15, -0.1) is 0 Å². The van der Waals surface area contributed by atoms with Crippen LogP contribution in [0.5, 0.6) is 0 Å². The first-order valence-electron chi connectivity index (χ1n) is 5.60. The lowest BCUT2D eigenvalue weighted by Gasteiger charge is -2.37. The summed E-state index contributed by atoms with van der Waals surface area (Å²) < 4.78 is 0. The average Bonchev–Trinajstić information content (AvgIpc) is 2.18. The molecule has 1 saturated carbocycles. The number of hydrogen-bond acceptors (Lipinski definition) is 2. The van der Waals surface area contributed by atoms with Crippen LogP contribution in [0.15, 0.2) is 0 Å². The Bertz CT molecular complexity index is 138. The highest BCUT2D eigenvalue weighted by molar-refractivity contribution is 4.80. The summed E-state index contributed by atoms with van der Waals surface area (Å²) in [5.74, 6) is 0.866. The van der Waals surface area contributed by atoms with Crippen LogP contribution in [0, 0.1) is 5.92 Å². The van der Waals surface area contributed by atoms with Crippen LogP contribution in [0.1, 0.15) is 39.0 Å². The van der Waals surface area contributed by atoms with Crippen LogP contribution < -0.4 is 0 Å². The Morgan fingerprint density at radius 1 is 1.31 bits per heavy atom. The lowest BCUT2D eigenvalue weighted by Crippen LogP contribution is -2.41. The maximum absolute atomic E-state index is 8.88. The largest absolute Gasteiger partial charge is 0.395 e. The third-order valence-electron chi connectivity index (χ3n) is 3.41. The maximum atomic E-state index is 8.88. The Morgan fingerprint density at radius 2 is 2.00 bits per heavy atom. The van der Waals surface area contributed by atoms with E-state index in [4.69, 9.17) is 5.11 Å². The molecule has 2 atom stereocenters. The molecule has 0 aromatic rings. The van der Waals surface area contributed by atoms with Crippen molar-refractivity contribution in [3.63, 3.8) is 0 Å². The highest BCUT2D eigenvalue weighted by atomic mass is 16.3. The number of aliphatic hydroxyl groups excluding tert-OH is 1. The molecular weight excluding hydrogens is 162 g/mol. The zero-order valence-electron chi connectivity index (χ0n) is 9.00. The zero-order valence-corrected chi connectivity index (χ0v) is 9.00. The van der Waals surface area contributed by atoms with Crippen LogP contribution >= 0.6 is 0 Å². The van der Waals surface area contributed by atoms with E-state index in [9.17, 15) is 0 Å². The number of rotatable bonds is 4. The van der Waals surface area contributed by atoms with E-state index in [2.05, 4.69) is 18.9 Å². The van der Waals surface area contributed by atoms with E-state index in [1.54, 1.807) is 0 Å². The summed E-state index contributed by atoms with van der Waals surface area (Å²) in [6.45, 7) is 3.42. The summed E-state index contributed by atoms with van der Waals surface area (Å²) in [6.07, 6.45) is 6.78. The Labute approximate surface area is 81.9 Å². The normalized spacial score (nSPS) is 29.5. The molecule has 1 aliphatic carbocycles. The summed E-state index contributed by atoms with van der Waals surface area (Å²) in [6, 6.07) is 0.728. The number of likely N-dealkylation sites (N-methyl/N-ethyl adjacent to an activating group) is 1. The molecule has 1 N–H and O–H groups in total. The van der Waals surface area contributed by atoms with Gasteiger partial charge in [0.2, 0.25) is 0 Å². The van der Waals surface area contributed by atoms with Crippen molar-refractivity contribution >= 4 is 0 Å². The first-order valence-corrected chi connectivity index (χ1v) is 5.60. The number of aliphatic hydroxyl groups is 1. The second-order valence-electron chi connectivity index (χ2n) is 4.22. The first kappa shape index (κ1) is 11.0. The van der Waals surface area contributed by atoms with Crippen molar-refractivity contribution in [1.29, 1.82) is 0 Å². The second kappa shape index (κ2) is 5.61. The van der Waals surface area contributed by atoms with Gasteiger partial charge in [-0.3, -0.25) is 0 Å². The molecule has 0 bridgehead atoms. The quantitative estimate of drug-likeness (QED) is 0.723. The molecule has 0 aromatic heterocycles. The van der Waals surface area contributed by atoms with Crippen LogP contribution in [0.2, 0.25) is 0 Å². The van der Waals surface area contributed by atoms with Crippen molar-refractivity contribution in [2.24, 2.45) is 5.92 Å². The van der Waals surface area contributed by atoms with E-state index < -0.39 is 0 Å². The standard InChI is InChI=1S/C11H23NO/c1-3-10-6-4-5-7-11(10)12(2)8-9-13/h10-11,13H,3-9H2,1-2H3. The van der Waals surface area contributed by atoms with Crippen LogP contribution in [0.3, 0.4) is 0 Å². The van der Waals surface area contributed by atoms with Gasteiger partial charge in [-0.1, -0.05) is 26.2 Å². The van der Waals surface area contributed by atoms with Gasteiger partial charge in [0.25, 0.3) is 0 Å². The topological polar surface area (TPSA) is 23.5 Å². The van der Waals surface area contributed by atoms with E-state index in [-0.39, 0.29) is 0 Å². The van der Waals surface area contributed by atoms with Gasteiger partial charge in [0.1, 0.15) is 0 Å². The summed E-state index contributed by atoms with van der Waals surface area (Å²) >= 11 is 0. The molecule has 0 heterocycles. The molecule has 0 aliphatic heterocycles. The predicted molar refractivity (Wildman–Crippen MR) is 55.8 cm³/mol. The van der Waals surface area contributed by atoms with E-state index in [1.807, 2.05) is 0 Å². The molecular formula is C11H23NO. The summed E-state index contributed by atoms with van der Waals surface area (Å²) in [7, 11) is 2.15. The van der Waals surface area contributed by atoms with E-state index in [1.165, 1.54) is 32.1 Å². The third-order valence-corrected chi connectivity index (χ3v) is 3.41. The average molecular weight is 185 g/mol. The van der Waals surface area contributed by atoms with Crippen molar-refractivity contribution in [3.8, 4) is 0 Å². The monoisotopic (exact) mass is 185 g/mol. The smallest absolute Gasteiger partial charge is 0.0558 e. The van der Waals surface area contributed by atoms with Gasteiger partial charge in [0.05, 0.1) is 6.61 Å². The molecule has 13 heavy (non-hydrogen) atoms. The molecule has 1 rings (SSSR count). The van der Waals surface area contributed by atoms with E-state index >= 15 is 0 Å². The van der Waals surface area contributed by atoms with Crippen LogP contribution in [-0.4, -0.2) is 36.2 Å². The predicted octanol–water partition coefficient (Wildman–Crippen LogP) is 1.88. The van der Waals surface area contributed by atoms with Crippen LogP contribution in [0.25, 0.3) is 0 Å². The summed E-state index contributed by atoms with van der Waals surface area (Å²) in [5, 5.41) is 8.88. The third kappa shape index (κ3) is 2.96. The summed E-state index contributed by atoms with van der Waals surface area (Å²) in [4.78, 5) is 2.34. The lowest BCUT2D eigenvalue weighted by molar-refractivity contribution is 0.105. The molecule has 1 fully saturated rings. The van der Waals surface area contributed by atoms with Gasteiger partial charge < -0.3 is 10.0 Å². The minimum atomic E-state index is 0.295. The van der Waals surface area contributed by atoms with Gasteiger partial charge in [-0.2, -0.15) is 0 Å². The highest BCUT2D eigenvalue weighted by Crippen LogP contribution is 2.29. The van der Waals surface area contributed by atoms with Gasteiger partial charge in [-0.25, -0.2) is 0 Å². The van der Waals surface area contributed by atoms with Gasteiger partial charge in [0.15, 0.2) is 0 Å². The molecule has 2 unspecified atom stereocenters. The molecule has 2 nitrogen and oxygen atoms in total. The van der Waals surface area contributed by atoms with Crippen molar-refractivity contribution in [2.75, 3.05) is 20.2 Å². The second-order valence-corrected chi connectivity index (χ2v) is 4.22. The molecule has 0 aromatic carbocycles.